The number of nitrogens with one attached hydrogen (secondary N) is 1. The highest BCUT2D eigenvalue weighted by atomic mass is 16.3. The molecular weight excluding hydrogens is 262 g/mol. The number of carbonyl (C=O) groups is 1. The first-order chi connectivity index (χ1) is 10.3. The fourth-order valence-electron chi connectivity index (χ4n) is 4.93. The minimum absolute atomic E-state index is 0.0871. The van der Waals surface area contributed by atoms with Crippen molar-refractivity contribution in [2.75, 3.05) is 6.54 Å². The molecule has 3 fully saturated rings. The van der Waals surface area contributed by atoms with Crippen molar-refractivity contribution in [3.63, 3.8) is 0 Å². The molecule has 3 nitrogen and oxygen atoms in total. The maximum atomic E-state index is 12.3. The molecule has 0 aromatic heterocycles. The molecular formula is C18H23NO2. The van der Waals surface area contributed by atoms with E-state index >= 15 is 0 Å². The maximum absolute atomic E-state index is 12.3. The van der Waals surface area contributed by atoms with Gasteiger partial charge in [-0.05, 0) is 60.5 Å². The lowest BCUT2D eigenvalue weighted by Gasteiger charge is -2.10. The quantitative estimate of drug-likeness (QED) is 0.870. The Kier molecular flexibility index (Phi) is 3.26. The summed E-state index contributed by atoms with van der Waals surface area (Å²) in [5.41, 5.74) is 2.15. The Bertz CT molecular complexity index is 523. The molecule has 3 aliphatic carbocycles. The highest BCUT2D eigenvalue weighted by Gasteiger charge is 2.67. The van der Waals surface area contributed by atoms with Crippen LogP contribution in [0, 0.1) is 29.6 Å². The van der Waals surface area contributed by atoms with Crippen LogP contribution in [0.5, 0.6) is 0 Å². The van der Waals surface area contributed by atoms with Gasteiger partial charge in [-0.3, -0.25) is 4.79 Å². The largest absolute Gasteiger partial charge is 0.392 e. The summed E-state index contributed by atoms with van der Waals surface area (Å²) in [6.45, 7) is 0.812. The van der Waals surface area contributed by atoms with Crippen LogP contribution >= 0.6 is 0 Å². The third-order valence-corrected chi connectivity index (χ3v) is 5.96. The van der Waals surface area contributed by atoms with Gasteiger partial charge in [0.1, 0.15) is 0 Å². The standard InChI is InChI=1S/C18H23NO2/c20-10-12-3-1-11(2-4-12)7-8-19-18(21)17-15-13-5-6-14(9-13)16(15)17/h1-4,13-17,20H,5-10H2,(H,19,21). The summed E-state index contributed by atoms with van der Waals surface area (Å²) < 4.78 is 0. The number of aliphatic hydroxyl groups is 1. The molecule has 0 heterocycles. The van der Waals surface area contributed by atoms with Crippen LogP contribution in [0.4, 0.5) is 0 Å². The molecule has 0 aliphatic heterocycles. The average Bonchev–Trinajstić information content (AvgIpc) is 2.96. The van der Waals surface area contributed by atoms with E-state index in [9.17, 15) is 4.79 Å². The Morgan fingerprint density at radius 2 is 1.71 bits per heavy atom. The lowest BCUT2D eigenvalue weighted by molar-refractivity contribution is -0.123. The van der Waals surface area contributed by atoms with Crippen molar-refractivity contribution in [2.24, 2.45) is 29.6 Å². The van der Waals surface area contributed by atoms with Gasteiger partial charge >= 0.3 is 0 Å². The molecule has 2 N–H and O–H groups in total. The van der Waals surface area contributed by atoms with Gasteiger partial charge in [-0.1, -0.05) is 24.3 Å². The number of benzene rings is 1. The van der Waals surface area contributed by atoms with Gasteiger partial charge in [-0.25, -0.2) is 0 Å². The van der Waals surface area contributed by atoms with Crippen LogP contribution in [0.15, 0.2) is 24.3 Å². The van der Waals surface area contributed by atoms with Crippen LogP contribution in [-0.4, -0.2) is 17.6 Å². The van der Waals surface area contributed by atoms with E-state index in [1.54, 1.807) is 0 Å². The maximum Gasteiger partial charge on any atom is 0.223 e. The van der Waals surface area contributed by atoms with Crippen LogP contribution in [0.2, 0.25) is 0 Å². The Morgan fingerprint density at radius 1 is 1.10 bits per heavy atom. The smallest absolute Gasteiger partial charge is 0.223 e. The Morgan fingerprint density at radius 3 is 2.33 bits per heavy atom. The van der Waals surface area contributed by atoms with E-state index in [4.69, 9.17) is 5.11 Å². The average molecular weight is 285 g/mol. The highest BCUT2D eigenvalue weighted by Crippen LogP contribution is 2.69. The third-order valence-electron chi connectivity index (χ3n) is 5.96. The van der Waals surface area contributed by atoms with Gasteiger partial charge in [-0.15, -0.1) is 0 Å². The van der Waals surface area contributed by atoms with Crippen LogP contribution < -0.4 is 5.32 Å². The van der Waals surface area contributed by atoms with Crippen molar-refractivity contribution < 1.29 is 9.90 Å². The predicted molar refractivity (Wildman–Crippen MR) is 80.4 cm³/mol. The number of amides is 1. The van der Waals surface area contributed by atoms with E-state index in [0.29, 0.717) is 11.8 Å². The molecule has 4 atom stereocenters. The molecule has 112 valence electrons. The number of aliphatic hydroxyl groups excluding tert-OH is 1. The number of hydrogen-bond donors (Lipinski definition) is 2. The molecule has 4 unspecified atom stereocenters. The van der Waals surface area contributed by atoms with Crippen molar-refractivity contribution in [3.05, 3.63) is 35.4 Å². The zero-order valence-corrected chi connectivity index (χ0v) is 12.3. The zero-order chi connectivity index (χ0) is 14.4. The van der Waals surface area contributed by atoms with Crippen LogP contribution in [0.3, 0.4) is 0 Å². The minimum Gasteiger partial charge on any atom is -0.392 e. The highest BCUT2D eigenvalue weighted by molar-refractivity contribution is 5.82. The van der Waals surface area contributed by atoms with Crippen molar-refractivity contribution in [1.29, 1.82) is 0 Å². The molecule has 0 spiro atoms. The van der Waals surface area contributed by atoms with E-state index in [2.05, 4.69) is 5.32 Å². The summed E-state index contributed by atoms with van der Waals surface area (Å²) in [6.07, 6.45) is 5.00. The number of rotatable bonds is 5. The summed E-state index contributed by atoms with van der Waals surface area (Å²) in [4.78, 5) is 12.3. The molecule has 21 heavy (non-hydrogen) atoms. The summed E-state index contributed by atoms with van der Waals surface area (Å²) >= 11 is 0. The monoisotopic (exact) mass is 285 g/mol. The summed E-state index contributed by atoms with van der Waals surface area (Å²) in [5.74, 6) is 3.82. The van der Waals surface area contributed by atoms with Crippen LogP contribution in [0.1, 0.15) is 30.4 Å². The normalized spacial score (nSPS) is 35.6. The molecule has 3 heteroatoms. The second-order valence-corrected chi connectivity index (χ2v) is 7.03. The van der Waals surface area contributed by atoms with E-state index in [1.807, 2.05) is 24.3 Å². The van der Waals surface area contributed by atoms with Gasteiger partial charge in [0, 0.05) is 12.5 Å². The molecule has 3 aliphatic rings. The van der Waals surface area contributed by atoms with E-state index in [1.165, 1.54) is 24.8 Å². The number of carbonyl (C=O) groups excluding carboxylic acids is 1. The SMILES string of the molecule is O=C(NCCc1ccc(CO)cc1)C1C2C3CCC(C3)C12. The van der Waals surface area contributed by atoms with Gasteiger partial charge in [-0.2, -0.15) is 0 Å². The van der Waals surface area contributed by atoms with Crippen molar-refractivity contribution in [2.45, 2.75) is 32.3 Å². The molecule has 1 aromatic carbocycles. The fraction of sp³-hybridized carbons (Fsp3) is 0.611. The predicted octanol–water partition coefficient (Wildman–Crippen LogP) is 2.13. The summed E-state index contributed by atoms with van der Waals surface area (Å²) in [5, 5.41) is 12.1. The first-order valence-electron chi connectivity index (χ1n) is 8.24. The molecule has 1 aromatic rings. The van der Waals surface area contributed by atoms with Gasteiger partial charge in [0.05, 0.1) is 6.61 Å². The van der Waals surface area contributed by atoms with E-state index < -0.39 is 0 Å². The van der Waals surface area contributed by atoms with Gasteiger partial charge in [0.15, 0.2) is 0 Å². The Hall–Kier alpha value is -1.35. The topological polar surface area (TPSA) is 49.3 Å². The van der Waals surface area contributed by atoms with Crippen LogP contribution in [0.25, 0.3) is 0 Å². The number of fused-ring (bicyclic) bond motifs is 5. The third kappa shape index (κ3) is 2.28. The van der Waals surface area contributed by atoms with Crippen LogP contribution in [-0.2, 0) is 17.8 Å². The van der Waals surface area contributed by atoms with Crippen molar-refractivity contribution in [1.82, 2.24) is 5.32 Å². The molecule has 0 saturated heterocycles. The van der Waals surface area contributed by atoms with Gasteiger partial charge < -0.3 is 10.4 Å². The zero-order valence-electron chi connectivity index (χ0n) is 12.3. The Balaban J connectivity index is 1.25. The fourth-order valence-corrected chi connectivity index (χ4v) is 4.93. The van der Waals surface area contributed by atoms with Crippen molar-refractivity contribution >= 4 is 5.91 Å². The summed E-state index contributed by atoms with van der Waals surface area (Å²) in [7, 11) is 0. The van der Waals surface area contributed by atoms with Gasteiger partial charge in [0.25, 0.3) is 0 Å². The minimum atomic E-state index is 0.0871. The molecule has 1 amide bonds. The van der Waals surface area contributed by atoms with E-state index in [-0.39, 0.29) is 6.61 Å². The molecule has 0 radical (unpaired) electrons. The lowest BCUT2D eigenvalue weighted by Crippen LogP contribution is -2.29. The number of hydrogen-bond acceptors (Lipinski definition) is 2. The molecule has 3 saturated carbocycles. The second-order valence-electron chi connectivity index (χ2n) is 7.03. The first-order valence-corrected chi connectivity index (χ1v) is 8.24. The Labute approximate surface area is 125 Å². The van der Waals surface area contributed by atoms with Gasteiger partial charge in [0.2, 0.25) is 5.91 Å². The summed E-state index contributed by atoms with van der Waals surface area (Å²) in [6, 6.07) is 7.95. The van der Waals surface area contributed by atoms with Crippen molar-refractivity contribution in [3.8, 4) is 0 Å². The molecule has 4 rings (SSSR count). The molecule has 2 bridgehead atoms. The first kappa shape index (κ1) is 13.3. The van der Waals surface area contributed by atoms with E-state index in [0.717, 1.165) is 42.2 Å². The second kappa shape index (κ2) is 5.13. The lowest BCUT2D eigenvalue weighted by atomic mass is 10.0.